The molecule has 0 aliphatic heterocycles. The van der Waals surface area contributed by atoms with E-state index in [1.807, 2.05) is 0 Å². The summed E-state index contributed by atoms with van der Waals surface area (Å²) in [5, 5.41) is 11.7. The monoisotopic (exact) mass is 380 g/mol. The van der Waals surface area contributed by atoms with Crippen molar-refractivity contribution in [3.63, 3.8) is 0 Å². The van der Waals surface area contributed by atoms with Crippen LogP contribution in [0.2, 0.25) is 0 Å². The lowest BCUT2D eigenvalue weighted by atomic mass is 10.1. The number of carbonyl (C=O) groups is 1. The van der Waals surface area contributed by atoms with E-state index in [1.54, 1.807) is 18.2 Å². The predicted octanol–water partition coefficient (Wildman–Crippen LogP) is 3.77. The van der Waals surface area contributed by atoms with Crippen LogP contribution in [0, 0.1) is 11.3 Å². The molecular formula is C18H15F3N2O4. The first-order valence-corrected chi connectivity index (χ1v) is 7.54. The summed E-state index contributed by atoms with van der Waals surface area (Å²) in [5.74, 6) is -0.0288. The number of hydrogen-bond donors (Lipinski definition) is 1. The zero-order valence-electron chi connectivity index (χ0n) is 14.4. The molecule has 0 atom stereocenters. The number of amides is 1. The van der Waals surface area contributed by atoms with E-state index in [0.717, 1.165) is 0 Å². The smallest absolute Gasteiger partial charge is 0.422 e. The van der Waals surface area contributed by atoms with Crippen molar-refractivity contribution in [3.8, 4) is 23.3 Å². The molecule has 0 aliphatic rings. The molecule has 2 aromatic rings. The van der Waals surface area contributed by atoms with Gasteiger partial charge in [0.05, 0.1) is 25.3 Å². The fourth-order valence-corrected chi connectivity index (χ4v) is 2.17. The van der Waals surface area contributed by atoms with Gasteiger partial charge in [0.2, 0.25) is 0 Å². The average molecular weight is 380 g/mol. The van der Waals surface area contributed by atoms with Gasteiger partial charge in [0.15, 0.2) is 6.61 Å². The maximum absolute atomic E-state index is 12.5. The number of nitrogens with one attached hydrogen (secondary N) is 1. The molecule has 142 valence electrons. The van der Waals surface area contributed by atoms with E-state index in [2.05, 4.69) is 10.1 Å². The van der Waals surface area contributed by atoms with Crippen LogP contribution in [0.15, 0.2) is 36.4 Å². The van der Waals surface area contributed by atoms with Crippen molar-refractivity contribution in [2.24, 2.45) is 0 Å². The molecule has 0 bridgehead atoms. The van der Waals surface area contributed by atoms with Crippen LogP contribution in [-0.4, -0.2) is 32.9 Å². The molecule has 0 fully saturated rings. The summed E-state index contributed by atoms with van der Waals surface area (Å²) in [5.41, 5.74) is 0.253. The van der Waals surface area contributed by atoms with Crippen LogP contribution < -0.4 is 19.5 Å². The highest BCUT2D eigenvalue weighted by molar-refractivity contribution is 6.06. The van der Waals surface area contributed by atoms with Crippen molar-refractivity contribution in [1.29, 1.82) is 5.26 Å². The van der Waals surface area contributed by atoms with Crippen LogP contribution in [0.5, 0.6) is 17.2 Å². The topological polar surface area (TPSA) is 80.6 Å². The molecule has 0 heterocycles. The molecule has 9 heteroatoms. The van der Waals surface area contributed by atoms with Crippen molar-refractivity contribution >= 4 is 11.6 Å². The van der Waals surface area contributed by atoms with Crippen molar-refractivity contribution < 1.29 is 32.2 Å². The maximum Gasteiger partial charge on any atom is 0.422 e. The second-order valence-corrected chi connectivity index (χ2v) is 5.25. The number of hydrogen-bond acceptors (Lipinski definition) is 5. The Bertz CT molecular complexity index is 876. The molecule has 1 amide bonds. The Morgan fingerprint density at radius 1 is 1.11 bits per heavy atom. The normalized spacial score (nSPS) is 10.7. The largest absolute Gasteiger partial charge is 0.497 e. The number of methoxy groups -OCH3 is 2. The zero-order valence-corrected chi connectivity index (χ0v) is 14.4. The van der Waals surface area contributed by atoms with Gasteiger partial charge in [0.25, 0.3) is 5.91 Å². The summed E-state index contributed by atoms with van der Waals surface area (Å²) < 4.78 is 51.6. The first-order valence-electron chi connectivity index (χ1n) is 7.54. The van der Waals surface area contributed by atoms with Gasteiger partial charge in [-0.15, -0.1) is 0 Å². The van der Waals surface area contributed by atoms with E-state index >= 15 is 0 Å². The van der Waals surface area contributed by atoms with Gasteiger partial charge >= 0.3 is 6.18 Å². The Hall–Kier alpha value is -3.41. The van der Waals surface area contributed by atoms with Crippen LogP contribution >= 0.6 is 0 Å². The second kappa shape index (κ2) is 8.31. The van der Waals surface area contributed by atoms with Gasteiger partial charge in [-0.1, -0.05) is 0 Å². The fourth-order valence-electron chi connectivity index (χ4n) is 2.17. The predicted molar refractivity (Wildman–Crippen MR) is 90.2 cm³/mol. The lowest BCUT2D eigenvalue weighted by molar-refractivity contribution is -0.153. The number of halogens is 3. The number of carbonyl (C=O) groups excluding carboxylic acids is 1. The molecular weight excluding hydrogens is 365 g/mol. The molecule has 0 radical (unpaired) electrons. The molecule has 0 aliphatic carbocycles. The Morgan fingerprint density at radius 3 is 2.41 bits per heavy atom. The Morgan fingerprint density at radius 2 is 1.81 bits per heavy atom. The number of benzene rings is 2. The van der Waals surface area contributed by atoms with Crippen molar-refractivity contribution in [3.05, 3.63) is 47.5 Å². The van der Waals surface area contributed by atoms with E-state index in [9.17, 15) is 18.0 Å². The summed E-state index contributed by atoms with van der Waals surface area (Å²) in [6.07, 6.45) is -4.53. The number of anilines is 1. The van der Waals surface area contributed by atoms with Crippen LogP contribution in [0.25, 0.3) is 0 Å². The average Bonchev–Trinajstić information content (AvgIpc) is 2.65. The van der Waals surface area contributed by atoms with Crippen molar-refractivity contribution in [1.82, 2.24) is 0 Å². The molecule has 0 aromatic heterocycles. The number of nitriles is 1. The van der Waals surface area contributed by atoms with Crippen molar-refractivity contribution in [2.45, 2.75) is 6.18 Å². The minimum absolute atomic E-state index is 0.144. The quantitative estimate of drug-likeness (QED) is 0.825. The van der Waals surface area contributed by atoms with Crippen LogP contribution in [0.3, 0.4) is 0 Å². The molecule has 27 heavy (non-hydrogen) atoms. The number of rotatable bonds is 6. The summed E-state index contributed by atoms with van der Waals surface area (Å²) >= 11 is 0. The first-order chi connectivity index (χ1) is 12.8. The Labute approximate surface area is 153 Å². The maximum atomic E-state index is 12.5. The molecule has 0 unspecified atom stereocenters. The Balaban J connectivity index is 2.23. The fraction of sp³-hybridized carbons (Fsp3) is 0.222. The van der Waals surface area contributed by atoms with Crippen LogP contribution in [-0.2, 0) is 0 Å². The van der Waals surface area contributed by atoms with Crippen molar-refractivity contribution in [2.75, 3.05) is 26.1 Å². The van der Waals surface area contributed by atoms with Gasteiger partial charge < -0.3 is 19.5 Å². The molecule has 2 aromatic carbocycles. The van der Waals surface area contributed by atoms with Gasteiger partial charge in [-0.3, -0.25) is 4.79 Å². The molecule has 1 N–H and O–H groups in total. The van der Waals surface area contributed by atoms with E-state index < -0.39 is 18.7 Å². The summed E-state index contributed by atoms with van der Waals surface area (Å²) in [6, 6.07) is 10.1. The molecule has 2 rings (SSSR count). The molecule has 0 saturated heterocycles. The SMILES string of the molecule is COc1ccc(OC)c(C(=O)Nc2ccc(OCC(F)(F)F)c(C#N)c2)c1. The lowest BCUT2D eigenvalue weighted by Crippen LogP contribution is -2.19. The third-order valence-electron chi connectivity index (χ3n) is 3.40. The number of nitrogens with zero attached hydrogens (tertiary/aromatic N) is 1. The molecule has 0 saturated carbocycles. The van der Waals surface area contributed by atoms with E-state index in [4.69, 9.17) is 14.7 Å². The lowest BCUT2D eigenvalue weighted by Gasteiger charge is -2.13. The van der Waals surface area contributed by atoms with E-state index in [-0.39, 0.29) is 22.6 Å². The summed E-state index contributed by atoms with van der Waals surface area (Å²) in [7, 11) is 2.85. The minimum atomic E-state index is -4.53. The number of ether oxygens (including phenoxy) is 3. The van der Waals surface area contributed by atoms with Crippen LogP contribution in [0.1, 0.15) is 15.9 Å². The van der Waals surface area contributed by atoms with E-state index in [1.165, 1.54) is 38.5 Å². The highest BCUT2D eigenvalue weighted by Gasteiger charge is 2.29. The third kappa shape index (κ3) is 5.28. The Kier molecular flexibility index (Phi) is 6.13. The number of alkyl halides is 3. The summed E-state index contributed by atoms with van der Waals surface area (Å²) in [4.78, 5) is 12.5. The van der Waals surface area contributed by atoms with Crippen LogP contribution in [0.4, 0.5) is 18.9 Å². The molecule has 0 spiro atoms. The second-order valence-electron chi connectivity index (χ2n) is 5.25. The van der Waals surface area contributed by atoms with E-state index in [0.29, 0.717) is 11.5 Å². The highest BCUT2D eigenvalue weighted by atomic mass is 19.4. The summed E-state index contributed by atoms with van der Waals surface area (Å²) in [6.45, 7) is -1.52. The minimum Gasteiger partial charge on any atom is -0.497 e. The van der Waals surface area contributed by atoms with Gasteiger partial charge in [0, 0.05) is 5.69 Å². The van der Waals surface area contributed by atoms with Gasteiger partial charge in [-0.05, 0) is 36.4 Å². The van der Waals surface area contributed by atoms with Gasteiger partial charge in [-0.25, -0.2) is 0 Å². The first kappa shape index (κ1) is 19.9. The highest BCUT2D eigenvalue weighted by Crippen LogP contribution is 2.27. The van der Waals surface area contributed by atoms with Gasteiger partial charge in [0.1, 0.15) is 23.3 Å². The molecule has 6 nitrogen and oxygen atoms in total. The zero-order chi connectivity index (χ0) is 20.0. The standard InChI is InChI=1S/C18H15F3N2O4/c1-25-13-4-6-16(26-2)14(8-13)17(24)23-12-3-5-15(11(7-12)9-22)27-10-18(19,20)21/h3-8H,10H2,1-2H3,(H,23,24). The third-order valence-corrected chi connectivity index (χ3v) is 3.40. The van der Waals surface area contributed by atoms with Gasteiger partial charge in [-0.2, -0.15) is 18.4 Å².